The third-order valence-electron chi connectivity index (χ3n) is 2.96. The number of fused-ring (bicyclic) bond motifs is 1. The molecule has 1 aromatic heterocycles. The zero-order valence-corrected chi connectivity index (χ0v) is 11.3. The normalized spacial score (nSPS) is 10.9. The lowest BCUT2D eigenvalue weighted by Gasteiger charge is -2.12. The Bertz CT molecular complexity index is 671. The number of carbonyl (C=O) groups excluding carboxylic acids is 1. The second kappa shape index (κ2) is 5.26. The van der Waals surface area contributed by atoms with E-state index in [1.165, 1.54) is 7.11 Å². The Morgan fingerprint density at radius 2 is 1.89 bits per heavy atom. The van der Waals surface area contributed by atoms with E-state index in [1.54, 1.807) is 35.0 Å². The van der Waals surface area contributed by atoms with E-state index in [4.69, 9.17) is 4.74 Å². The second-order valence-electron chi connectivity index (χ2n) is 4.93. The first-order valence-electron chi connectivity index (χ1n) is 6.25. The molecule has 0 amide bonds. The summed E-state index contributed by atoms with van der Waals surface area (Å²) in [5.74, 6) is -0.0990. The van der Waals surface area contributed by atoms with Crippen molar-refractivity contribution in [2.24, 2.45) is 5.92 Å². The van der Waals surface area contributed by atoms with Gasteiger partial charge >= 0.3 is 5.97 Å². The van der Waals surface area contributed by atoms with Crippen molar-refractivity contribution in [1.82, 2.24) is 4.57 Å². The molecule has 0 bridgehead atoms. The molecule has 0 aliphatic heterocycles. The smallest absolute Gasteiger partial charge is 0.339 e. The van der Waals surface area contributed by atoms with Gasteiger partial charge in [0.25, 0.3) is 5.56 Å². The first kappa shape index (κ1) is 13.3. The van der Waals surface area contributed by atoms with Gasteiger partial charge in [-0.2, -0.15) is 0 Å². The van der Waals surface area contributed by atoms with Crippen molar-refractivity contribution < 1.29 is 9.53 Å². The number of esters is 1. The fourth-order valence-corrected chi connectivity index (χ4v) is 2.14. The molecule has 0 saturated heterocycles. The molecule has 0 atom stereocenters. The van der Waals surface area contributed by atoms with Gasteiger partial charge in [-0.05, 0) is 12.0 Å². The Morgan fingerprint density at radius 3 is 2.47 bits per heavy atom. The predicted octanol–water partition coefficient (Wildman–Crippen LogP) is 2.44. The Balaban J connectivity index is 2.76. The van der Waals surface area contributed by atoms with Gasteiger partial charge in [0.2, 0.25) is 0 Å². The standard InChI is InChI=1S/C15H17NO3/c1-10(2)8-16-9-13(15(18)19-3)11-6-4-5-7-12(11)14(16)17/h4-7,9-10H,8H2,1-3H3. The molecule has 0 spiro atoms. The molecule has 4 nitrogen and oxygen atoms in total. The minimum atomic E-state index is -0.422. The predicted molar refractivity (Wildman–Crippen MR) is 74.4 cm³/mol. The minimum Gasteiger partial charge on any atom is -0.465 e. The van der Waals surface area contributed by atoms with Crippen LogP contribution in [0.3, 0.4) is 0 Å². The molecular weight excluding hydrogens is 242 g/mol. The lowest BCUT2D eigenvalue weighted by Crippen LogP contribution is -2.24. The van der Waals surface area contributed by atoms with E-state index in [0.29, 0.717) is 28.8 Å². The maximum Gasteiger partial charge on any atom is 0.339 e. The quantitative estimate of drug-likeness (QED) is 0.795. The highest BCUT2D eigenvalue weighted by Gasteiger charge is 2.15. The Hall–Kier alpha value is -2.10. The SMILES string of the molecule is COC(=O)c1cn(CC(C)C)c(=O)c2ccccc12. The van der Waals surface area contributed by atoms with Crippen LogP contribution in [0.25, 0.3) is 10.8 Å². The summed E-state index contributed by atoms with van der Waals surface area (Å²) in [5, 5.41) is 1.19. The highest BCUT2D eigenvalue weighted by molar-refractivity contribution is 6.03. The molecule has 19 heavy (non-hydrogen) atoms. The van der Waals surface area contributed by atoms with Gasteiger partial charge in [0.15, 0.2) is 0 Å². The van der Waals surface area contributed by atoms with Gasteiger partial charge in [-0.15, -0.1) is 0 Å². The Kier molecular flexibility index (Phi) is 3.69. The Morgan fingerprint density at radius 1 is 1.26 bits per heavy atom. The van der Waals surface area contributed by atoms with E-state index in [9.17, 15) is 9.59 Å². The molecule has 1 heterocycles. The van der Waals surface area contributed by atoms with E-state index >= 15 is 0 Å². The molecule has 0 unspecified atom stereocenters. The molecule has 0 aliphatic rings. The highest BCUT2D eigenvalue weighted by atomic mass is 16.5. The maximum atomic E-state index is 12.3. The average molecular weight is 259 g/mol. The van der Waals surface area contributed by atoms with Crippen LogP contribution < -0.4 is 5.56 Å². The van der Waals surface area contributed by atoms with Crippen LogP contribution in [-0.4, -0.2) is 17.6 Å². The van der Waals surface area contributed by atoms with Crippen LogP contribution in [0.2, 0.25) is 0 Å². The van der Waals surface area contributed by atoms with Crippen molar-refractivity contribution in [3.63, 3.8) is 0 Å². The summed E-state index contributed by atoms with van der Waals surface area (Å²) in [4.78, 5) is 24.2. The van der Waals surface area contributed by atoms with Crippen LogP contribution in [0.15, 0.2) is 35.3 Å². The molecule has 2 aromatic rings. The summed E-state index contributed by atoms with van der Waals surface area (Å²) in [5.41, 5.74) is 0.357. The fraction of sp³-hybridized carbons (Fsp3) is 0.333. The van der Waals surface area contributed by atoms with E-state index in [1.807, 2.05) is 13.8 Å². The van der Waals surface area contributed by atoms with Gasteiger partial charge < -0.3 is 9.30 Å². The zero-order valence-electron chi connectivity index (χ0n) is 11.3. The number of ether oxygens (including phenoxy) is 1. The molecule has 0 fully saturated rings. The molecule has 1 aromatic carbocycles. The third-order valence-corrected chi connectivity index (χ3v) is 2.96. The van der Waals surface area contributed by atoms with Gasteiger partial charge in [-0.3, -0.25) is 4.79 Å². The van der Waals surface area contributed by atoms with E-state index in [0.717, 1.165) is 0 Å². The van der Waals surface area contributed by atoms with Crippen LogP contribution in [0.1, 0.15) is 24.2 Å². The lowest BCUT2D eigenvalue weighted by atomic mass is 10.1. The van der Waals surface area contributed by atoms with Crippen molar-refractivity contribution in [1.29, 1.82) is 0 Å². The van der Waals surface area contributed by atoms with Crippen LogP contribution in [0.4, 0.5) is 0 Å². The van der Waals surface area contributed by atoms with Crippen molar-refractivity contribution in [2.45, 2.75) is 20.4 Å². The Labute approximate surface area is 111 Å². The van der Waals surface area contributed by atoms with Gasteiger partial charge in [0, 0.05) is 23.5 Å². The van der Waals surface area contributed by atoms with Gasteiger partial charge in [-0.1, -0.05) is 32.0 Å². The summed E-state index contributed by atoms with van der Waals surface area (Å²) in [6.07, 6.45) is 1.59. The molecule has 0 radical (unpaired) electrons. The number of hydrogen-bond donors (Lipinski definition) is 0. The van der Waals surface area contributed by atoms with E-state index < -0.39 is 5.97 Å². The van der Waals surface area contributed by atoms with Crippen molar-refractivity contribution in [3.8, 4) is 0 Å². The number of pyridine rings is 1. The van der Waals surface area contributed by atoms with Crippen LogP contribution >= 0.6 is 0 Å². The summed E-state index contributed by atoms with van der Waals surface area (Å²) >= 11 is 0. The second-order valence-corrected chi connectivity index (χ2v) is 4.93. The molecule has 100 valence electrons. The van der Waals surface area contributed by atoms with Crippen molar-refractivity contribution in [3.05, 3.63) is 46.4 Å². The average Bonchev–Trinajstić information content (AvgIpc) is 2.40. The number of rotatable bonds is 3. The number of methoxy groups -OCH3 is 1. The topological polar surface area (TPSA) is 48.3 Å². The van der Waals surface area contributed by atoms with Crippen molar-refractivity contribution in [2.75, 3.05) is 7.11 Å². The molecule has 0 aliphatic carbocycles. The first-order chi connectivity index (χ1) is 9.04. The number of benzene rings is 1. The lowest BCUT2D eigenvalue weighted by molar-refractivity contribution is 0.0602. The first-order valence-corrected chi connectivity index (χ1v) is 6.25. The van der Waals surface area contributed by atoms with Crippen LogP contribution in [-0.2, 0) is 11.3 Å². The number of carbonyl (C=O) groups is 1. The number of nitrogens with zero attached hydrogens (tertiary/aromatic N) is 1. The largest absolute Gasteiger partial charge is 0.465 e. The summed E-state index contributed by atoms with van der Waals surface area (Å²) in [7, 11) is 1.34. The highest BCUT2D eigenvalue weighted by Crippen LogP contribution is 2.16. The molecule has 4 heteroatoms. The molecular formula is C15H17NO3. The molecule has 2 rings (SSSR count). The molecule has 0 saturated carbocycles. The summed E-state index contributed by atoms with van der Waals surface area (Å²) < 4.78 is 6.37. The van der Waals surface area contributed by atoms with Gasteiger partial charge in [0.1, 0.15) is 0 Å². The summed E-state index contributed by atoms with van der Waals surface area (Å²) in [6, 6.07) is 7.11. The number of hydrogen-bond acceptors (Lipinski definition) is 3. The van der Waals surface area contributed by atoms with E-state index in [-0.39, 0.29) is 5.56 Å². The van der Waals surface area contributed by atoms with E-state index in [2.05, 4.69) is 0 Å². The monoisotopic (exact) mass is 259 g/mol. The van der Waals surface area contributed by atoms with Crippen LogP contribution in [0, 0.1) is 5.92 Å². The minimum absolute atomic E-state index is 0.0723. The maximum absolute atomic E-state index is 12.3. The fourth-order valence-electron chi connectivity index (χ4n) is 2.14. The van der Waals surface area contributed by atoms with Crippen LogP contribution in [0.5, 0.6) is 0 Å². The summed E-state index contributed by atoms with van der Waals surface area (Å²) in [6.45, 7) is 4.63. The molecule has 0 N–H and O–H groups in total. The number of aromatic nitrogens is 1. The zero-order chi connectivity index (χ0) is 14.0. The van der Waals surface area contributed by atoms with Crippen molar-refractivity contribution >= 4 is 16.7 Å². The van der Waals surface area contributed by atoms with Gasteiger partial charge in [-0.25, -0.2) is 4.79 Å². The van der Waals surface area contributed by atoms with Gasteiger partial charge in [0.05, 0.1) is 12.7 Å². The third kappa shape index (κ3) is 2.52.